The first-order chi connectivity index (χ1) is 0. The van der Waals surface area contributed by atoms with Crippen LogP contribution in [-0.4, -0.2) is 62.8 Å². The summed E-state index contributed by atoms with van der Waals surface area (Å²) in [6, 6.07) is 0. The van der Waals surface area contributed by atoms with E-state index in [2.05, 4.69) is 0 Å². The molecule has 0 aliphatic heterocycles. The Morgan fingerprint density at radius 1 is 1.00 bits per heavy atom. The van der Waals surface area contributed by atoms with Crippen LogP contribution < -0.4 is 0 Å². The molecule has 0 atom stereocenters. The summed E-state index contributed by atoms with van der Waals surface area (Å²) in [7, 11) is 0. The molecule has 0 rings (SSSR count). The molecule has 0 spiro atoms. The number of hydrogen-bond donors (Lipinski definition) is 0. The van der Waals surface area contributed by atoms with Crippen molar-refractivity contribution in [2.75, 3.05) is 0 Å². The Kier molecular flexibility index (Phi) is 128. The fourth-order valence-corrected chi connectivity index (χ4v) is 0. The van der Waals surface area contributed by atoms with Crippen LogP contribution in [0.4, 0.5) is 0 Å². The maximum atomic E-state index is 0. The van der Waals surface area contributed by atoms with Crippen molar-refractivity contribution in [1.82, 2.24) is 0 Å². The third-order valence-electron chi connectivity index (χ3n) is 0. The van der Waals surface area contributed by atoms with E-state index < -0.39 is 0 Å². The van der Waals surface area contributed by atoms with Gasteiger partial charge in [0.15, 0.2) is 17.4 Å². The van der Waals surface area contributed by atoms with E-state index in [4.69, 9.17) is 0 Å². The van der Waals surface area contributed by atoms with Crippen molar-refractivity contribution in [2.45, 2.75) is 7.43 Å². The minimum absolute atomic E-state index is 0. The van der Waals surface area contributed by atoms with E-state index in [0.717, 1.165) is 0 Å². The second-order valence-electron chi connectivity index (χ2n) is 0. The van der Waals surface area contributed by atoms with Gasteiger partial charge in [-0.1, -0.05) is 7.43 Å². The maximum absolute atomic E-state index is 0. The van der Waals surface area contributed by atoms with E-state index in [1.54, 1.807) is 0 Å². The molecule has 3 heteroatoms. The molecule has 0 aromatic rings. The standard InChI is InChI=1S/CH4.Al.Sr.Ti.5H/h1H4;;;;;;;;. The normalized spacial score (nSPS) is 0. The molecular formula is CH9AlSrTi. The Hall–Kier alpha value is 2.73. The first kappa shape index (κ1) is 29.7. The summed E-state index contributed by atoms with van der Waals surface area (Å²) in [6.07, 6.45) is 0. The predicted octanol–water partition coefficient (Wildman–Crippen LogP) is -1.47. The van der Waals surface area contributed by atoms with E-state index in [0.29, 0.717) is 0 Å². The molecule has 0 heterocycles. The van der Waals surface area contributed by atoms with Gasteiger partial charge in [0.2, 0.25) is 0 Å². The van der Waals surface area contributed by atoms with E-state index in [1.807, 2.05) is 0 Å². The van der Waals surface area contributed by atoms with Crippen LogP contribution >= 0.6 is 0 Å². The van der Waals surface area contributed by atoms with Crippen molar-refractivity contribution in [1.29, 1.82) is 0 Å². The van der Waals surface area contributed by atoms with Gasteiger partial charge in [-0.3, -0.25) is 0 Å². The smallest absolute Gasteiger partial charge is 0 e. The topological polar surface area (TPSA) is 0 Å². The molecule has 0 unspecified atom stereocenters. The molecule has 0 saturated heterocycles. The van der Waals surface area contributed by atoms with Crippen molar-refractivity contribution >= 4 is 62.8 Å². The van der Waals surface area contributed by atoms with Crippen LogP contribution in [-0.2, 0) is 21.7 Å². The molecule has 0 nitrogen and oxygen atoms in total. The van der Waals surface area contributed by atoms with E-state index in [-0.39, 0.29) is 92.0 Å². The zero-order chi connectivity index (χ0) is 0. The van der Waals surface area contributed by atoms with Crippen LogP contribution in [0.25, 0.3) is 0 Å². The van der Waals surface area contributed by atoms with Gasteiger partial charge < -0.3 is 0 Å². The van der Waals surface area contributed by atoms with E-state index in [1.165, 1.54) is 0 Å². The van der Waals surface area contributed by atoms with E-state index >= 15 is 0 Å². The number of rotatable bonds is 0. The van der Waals surface area contributed by atoms with Crippen LogP contribution in [0.2, 0.25) is 0 Å². The molecule has 0 aliphatic carbocycles. The Bertz CT molecular complexity index is 8.00. The van der Waals surface area contributed by atoms with Gasteiger partial charge in [-0.25, -0.2) is 0 Å². The quantitative estimate of drug-likeness (QED) is 0.403. The molecule has 0 aromatic carbocycles. The molecule has 0 bridgehead atoms. The van der Waals surface area contributed by atoms with Crippen LogP contribution in [0.1, 0.15) is 7.43 Å². The Labute approximate surface area is 90.0 Å². The van der Waals surface area contributed by atoms with Gasteiger partial charge in [0.1, 0.15) is 0 Å². The first-order valence-corrected chi connectivity index (χ1v) is 0. The van der Waals surface area contributed by atoms with Gasteiger partial charge in [-0.15, -0.1) is 0 Å². The molecule has 0 aromatic heterocycles. The number of hydrogen-bond acceptors (Lipinski definition) is 0. The summed E-state index contributed by atoms with van der Waals surface area (Å²) in [6.45, 7) is 0. The van der Waals surface area contributed by atoms with Crippen LogP contribution in [0.15, 0.2) is 0 Å². The zero-order valence-electron chi connectivity index (χ0n) is 0.500. The molecule has 0 fully saturated rings. The molecule has 0 aliphatic rings. The zero-order valence-corrected chi connectivity index (χ0v) is 2.06. The van der Waals surface area contributed by atoms with Gasteiger partial charge in [-0.2, -0.15) is 0 Å². The SMILES string of the molecule is C.[AlH3].[SrH2].[Ti]. The minimum atomic E-state index is 0. The summed E-state index contributed by atoms with van der Waals surface area (Å²) in [4.78, 5) is 0. The van der Waals surface area contributed by atoms with Crippen molar-refractivity contribution in [3.63, 3.8) is 0 Å². The third kappa shape index (κ3) is 8.83. The molecule has 0 saturated carbocycles. The van der Waals surface area contributed by atoms with Crippen LogP contribution in [0.5, 0.6) is 0 Å². The van der Waals surface area contributed by atoms with Gasteiger partial charge in [-0.05, 0) is 0 Å². The molecular weight excluding hydrogens is 174 g/mol. The predicted molar refractivity (Wildman–Crippen MR) is 25.2 cm³/mol. The maximum Gasteiger partial charge on any atom is 0 e. The Morgan fingerprint density at radius 2 is 1.00 bits per heavy atom. The first-order valence-electron chi connectivity index (χ1n) is 0. The van der Waals surface area contributed by atoms with Gasteiger partial charge >= 0.3 is 45.5 Å². The third-order valence-corrected chi connectivity index (χ3v) is 0. The Morgan fingerprint density at radius 3 is 1.00 bits per heavy atom. The van der Waals surface area contributed by atoms with Crippen molar-refractivity contribution in [3.05, 3.63) is 0 Å². The van der Waals surface area contributed by atoms with Crippen molar-refractivity contribution in [3.8, 4) is 0 Å². The monoisotopic (exact) mass is 184 g/mol. The van der Waals surface area contributed by atoms with Gasteiger partial charge in [0.05, 0.1) is 0 Å². The largest absolute Gasteiger partial charge is 0 e. The second-order valence-corrected chi connectivity index (χ2v) is 0. The molecule has 0 N–H and O–H groups in total. The van der Waals surface area contributed by atoms with Crippen molar-refractivity contribution in [2.24, 2.45) is 0 Å². The molecule has 22 valence electrons. The van der Waals surface area contributed by atoms with Crippen molar-refractivity contribution < 1.29 is 21.7 Å². The second kappa shape index (κ2) is 17.2. The Balaban J connectivity index is 0. The molecule has 0 amide bonds. The minimum Gasteiger partial charge on any atom is 0 e. The average molecular weight is 184 g/mol. The molecule has 4 heavy (non-hydrogen) atoms. The van der Waals surface area contributed by atoms with Gasteiger partial charge in [0, 0.05) is 21.7 Å². The summed E-state index contributed by atoms with van der Waals surface area (Å²) in [5, 5.41) is 0. The summed E-state index contributed by atoms with van der Waals surface area (Å²) >= 11 is 0. The average Bonchev–Trinajstić information content (AvgIpc) is 0. The summed E-state index contributed by atoms with van der Waals surface area (Å²) in [5.74, 6) is 0. The fraction of sp³-hybridized carbons (Fsp3) is 1.00. The van der Waals surface area contributed by atoms with E-state index in [9.17, 15) is 0 Å². The van der Waals surface area contributed by atoms with Gasteiger partial charge in [0.25, 0.3) is 0 Å². The fourth-order valence-electron chi connectivity index (χ4n) is 0. The molecule has 0 radical (unpaired) electrons. The van der Waals surface area contributed by atoms with Crippen LogP contribution in [0.3, 0.4) is 0 Å². The summed E-state index contributed by atoms with van der Waals surface area (Å²) < 4.78 is 0. The summed E-state index contributed by atoms with van der Waals surface area (Å²) in [5.41, 5.74) is 0. The van der Waals surface area contributed by atoms with Crippen LogP contribution in [0, 0.1) is 0 Å².